The first kappa shape index (κ1) is 16.8. The van der Waals surface area contributed by atoms with Crippen LogP contribution in [0.3, 0.4) is 0 Å². The van der Waals surface area contributed by atoms with Crippen LogP contribution in [0.25, 0.3) is 11.6 Å². The fourth-order valence-electron chi connectivity index (χ4n) is 3.42. The summed E-state index contributed by atoms with van der Waals surface area (Å²) in [5, 5.41) is 19.0. The number of carboxylic acid groups (broad SMARTS) is 2. The first-order chi connectivity index (χ1) is 11.7. The number of rotatable bonds is 3. The van der Waals surface area contributed by atoms with Crippen LogP contribution in [-0.2, 0) is 6.42 Å². The standard InChI is InChI=1S/C19H18N2O4/c1-10-12(17(22)23)4-5-13(16(10)18(24)25)14-6-15-11(7-19(14,2)3)8-20-9-21-15/h4-6,8-9H,7H2,1-3H3,(H,22,23)(H,24,25). The zero-order valence-electron chi connectivity index (χ0n) is 14.2. The third-order valence-electron chi connectivity index (χ3n) is 4.66. The van der Waals surface area contributed by atoms with Gasteiger partial charge in [0, 0.05) is 6.20 Å². The van der Waals surface area contributed by atoms with Crippen molar-refractivity contribution in [2.24, 2.45) is 5.41 Å². The highest BCUT2D eigenvalue weighted by Crippen LogP contribution is 2.44. The SMILES string of the molecule is Cc1c(C(=O)O)ccc(C2=Cc3ncncc3CC2(C)C)c1C(=O)O. The van der Waals surface area contributed by atoms with Crippen LogP contribution in [0, 0.1) is 12.3 Å². The van der Waals surface area contributed by atoms with E-state index in [1.165, 1.54) is 19.3 Å². The molecule has 0 bridgehead atoms. The fraction of sp³-hybridized carbons (Fsp3) is 0.263. The lowest BCUT2D eigenvalue weighted by molar-refractivity contribution is 0.0695. The molecule has 1 aliphatic carbocycles. The molecule has 0 fully saturated rings. The summed E-state index contributed by atoms with van der Waals surface area (Å²) in [5.41, 5.74) is 3.07. The molecule has 0 aliphatic heterocycles. The zero-order chi connectivity index (χ0) is 18.4. The van der Waals surface area contributed by atoms with Crippen molar-refractivity contribution in [1.82, 2.24) is 9.97 Å². The second-order valence-electron chi connectivity index (χ2n) is 6.82. The van der Waals surface area contributed by atoms with Gasteiger partial charge in [0.15, 0.2) is 0 Å². The molecule has 6 nitrogen and oxygen atoms in total. The predicted octanol–water partition coefficient (Wildman–Crippen LogP) is 3.30. The van der Waals surface area contributed by atoms with Crippen molar-refractivity contribution in [2.45, 2.75) is 27.2 Å². The molecule has 1 aromatic heterocycles. The van der Waals surface area contributed by atoms with Gasteiger partial charge in [-0.15, -0.1) is 0 Å². The van der Waals surface area contributed by atoms with Crippen molar-refractivity contribution < 1.29 is 19.8 Å². The monoisotopic (exact) mass is 338 g/mol. The highest BCUT2D eigenvalue weighted by Gasteiger charge is 2.33. The van der Waals surface area contributed by atoms with Crippen LogP contribution in [0.15, 0.2) is 24.7 Å². The van der Waals surface area contributed by atoms with Gasteiger partial charge in [-0.2, -0.15) is 0 Å². The van der Waals surface area contributed by atoms with Crippen molar-refractivity contribution in [3.8, 4) is 0 Å². The molecule has 3 rings (SSSR count). The predicted molar refractivity (Wildman–Crippen MR) is 92.5 cm³/mol. The van der Waals surface area contributed by atoms with Gasteiger partial charge in [-0.25, -0.2) is 19.6 Å². The van der Waals surface area contributed by atoms with Gasteiger partial charge in [-0.05, 0) is 53.2 Å². The Morgan fingerprint density at radius 2 is 1.88 bits per heavy atom. The number of nitrogens with zero attached hydrogens (tertiary/aromatic N) is 2. The Hall–Kier alpha value is -3.02. The molecule has 2 aromatic rings. The highest BCUT2D eigenvalue weighted by molar-refractivity contribution is 6.03. The van der Waals surface area contributed by atoms with Crippen LogP contribution in [-0.4, -0.2) is 32.1 Å². The molecule has 0 atom stereocenters. The van der Waals surface area contributed by atoms with E-state index in [0.717, 1.165) is 16.8 Å². The number of carbonyl (C=O) groups is 2. The van der Waals surface area contributed by atoms with E-state index >= 15 is 0 Å². The summed E-state index contributed by atoms with van der Waals surface area (Å²) >= 11 is 0. The minimum atomic E-state index is -1.14. The molecule has 1 heterocycles. The molecule has 1 aromatic carbocycles. The lowest BCUT2D eigenvalue weighted by Crippen LogP contribution is -2.24. The minimum absolute atomic E-state index is 0.00177. The van der Waals surface area contributed by atoms with Crippen molar-refractivity contribution in [2.75, 3.05) is 0 Å². The first-order valence-corrected chi connectivity index (χ1v) is 7.84. The van der Waals surface area contributed by atoms with Gasteiger partial charge >= 0.3 is 11.9 Å². The summed E-state index contributed by atoms with van der Waals surface area (Å²) in [6.45, 7) is 5.59. The Bertz CT molecular complexity index is 929. The van der Waals surface area contributed by atoms with Gasteiger partial charge < -0.3 is 10.2 Å². The number of allylic oxidation sites excluding steroid dienone is 1. The second-order valence-corrected chi connectivity index (χ2v) is 6.82. The molecule has 1 aliphatic rings. The van der Waals surface area contributed by atoms with Crippen LogP contribution >= 0.6 is 0 Å². The molecule has 0 spiro atoms. The number of fused-ring (bicyclic) bond motifs is 1. The maximum Gasteiger partial charge on any atom is 0.336 e. The quantitative estimate of drug-likeness (QED) is 0.890. The summed E-state index contributed by atoms with van der Waals surface area (Å²) < 4.78 is 0. The van der Waals surface area contributed by atoms with Crippen LogP contribution in [0.4, 0.5) is 0 Å². The van der Waals surface area contributed by atoms with Crippen molar-refractivity contribution >= 4 is 23.6 Å². The zero-order valence-corrected chi connectivity index (χ0v) is 14.2. The fourth-order valence-corrected chi connectivity index (χ4v) is 3.42. The average Bonchev–Trinajstić information content (AvgIpc) is 2.52. The number of hydrogen-bond donors (Lipinski definition) is 2. The van der Waals surface area contributed by atoms with Gasteiger partial charge in [0.2, 0.25) is 0 Å². The number of benzene rings is 1. The number of aromatic nitrogens is 2. The van der Waals surface area contributed by atoms with E-state index in [1.54, 1.807) is 12.3 Å². The average molecular weight is 338 g/mol. The van der Waals surface area contributed by atoms with Crippen LogP contribution in [0.5, 0.6) is 0 Å². The van der Waals surface area contributed by atoms with Crippen molar-refractivity contribution in [3.63, 3.8) is 0 Å². The molecular weight excluding hydrogens is 320 g/mol. The largest absolute Gasteiger partial charge is 0.478 e. The summed E-state index contributed by atoms with van der Waals surface area (Å²) in [7, 11) is 0. The van der Waals surface area contributed by atoms with Gasteiger partial charge in [0.25, 0.3) is 0 Å². The normalized spacial score (nSPS) is 15.2. The molecular formula is C19H18N2O4. The Labute approximate surface area is 144 Å². The van der Waals surface area contributed by atoms with Gasteiger partial charge in [0.05, 0.1) is 16.8 Å². The molecule has 0 unspecified atom stereocenters. The van der Waals surface area contributed by atoms with Crippen LogP contribution in [0.2, 0.25) is 0 Å². The lowest BCUT2D eigenvalue weighted by Gasteiger charge is -2.33. The topological polar surface area (TPSA) is 100 Å². The molecule has 0 amide bonds. The number of hydrogen-bond acceptors (Lipinski definition) is 4. The van der Waals surface area contributed by atoms with E-state index in [0.29, 0.717) is 12.0 Å². The molecule has 0 radical (unpaired) electrons. The molecule has 0 saturated heterocycles. The van der Waals surface area contributed by atoms with Crippen LogP contribution in [0.1, 0.15) is 56.9 Å². The molecule has 6 heteroatoms. The van der Waals surface area contributed by atoms with E-state index < -0.39 is 11.9 Å². The smallest absolute Gasteiger partial charge is 0.336 e. The highest BCUT2D eigenvalue weighted by atomic mass is 16.4. The second kappa shape index (κ2) is 5.81. The minimum Gasteiger partial charge on any atom is -0.478 e. The third-order valence-corrected chi connectivity index (χ3v) is 4.66. The summed E-state index contributed by atoms with van der Waals surface area (Å²) in [6, 6.07) is 3.05. The summed E-state index contributed by atoms with van der Waals surface area (Å²) in [5.74, 6) is -2.28. The third kappa shape index (κ3) is 2.80. The van der Waals surface area contributed by atoms with E-state index in [9.17, 15) is 19.8 Å². The lowest BCUT2D eigenvalue weighted by atomic mass is 9.71. The molecule has 2 N–H and O–H groups in total. The number of carboxylic acids is 2. The summed E-state index contributed by atoms with van der Waals surface area (Å²) in [6.07, 6.45) is 5.78. The van der Waals surface area contributed by atoms with E-state index in [2.05, 4.69) is 9.97 Å². The summed E-state index contributed by atoms with van der Waals surface area (Å²) in [4.78, 5) is 31.5. The Morgan fingerprint density at radius 3 is 2.52 bits per heavy atom. The van der Waals surface area contributed by atoms with E-state index in [-0.39, 0.29) is 22.1 Å². The Balaban J connectivity index is 2.29. The van der Waals surface area contributed by atoms with Crippen molar-refractivity contribution in [1.29, 1.82) is 0 Å². The molecule has 25 heavy (non-hydrogen) atoms. The Kier molecular flexibility index (Phi) is 3.91. The van der Waals surface area contributed by atoms with Crippen molar-refractivity contribution in [3.05, 3.63) is 58.2 Å². The number of aromatic carboxylic acids is 2. The van der Waals surface area contributed by atoms with Crippen LogP contribution < -0.4 is 0 Å². The van der Waals surface area contributed by atoms with Gasteiger partial charge in [-0.3, -0.25) is 0 Å². The van der Waals surface area contributed by atoms with Gasteiger partial charge in [0.1, 0.15) is 6.33 Å². The van der Waals surface area contributed by atoms with E-state index in [1.807, 2.05) is 19.9 Å². The maximum absolute atomic E-state index is 11.9. The first-order valence-electron chi connectivity index (χ1n) is 7.84. The van der Waals surface area contributed by atoms with E-state index in [4.69, 9.17) is 0 Å². The Morgan fingerprint density at radius 1 is 1.16 bits per heavy atom. The molecule has 0 saturated carbocycles. The van der Waals surface area contributed by atoms with Gasteiger partial charge in [-0.1, -0.05) is 19.9 Å². The molecule has 128 valence electrons. The maximum atomic E-state index is 11.9.